The molecule has 60 valence electrons. The third-order valence-corrected chi connectivity index (χ3v) is 1.67. The molecule has 0 saturated carbocycles. The van der Waals surface area contributed by atoms with Crippen molar-refractivity contribution in [2.45, 2.75) is 13.0 Å². The smallest absolute Gasteiger partial charge is 0.145 e. The van der Waals surface area contributed by atoms with E-state index in [1.165, 1.54) is 12.3 Å². The van der Waals surface area contributed by atoms with E-state index in [-0.39, 0.29) is 11.1 Å². The van der Waals surface area contributed by atoms with E-state index in [1.807, 2.05) is 0 Å². The van der Waals surface area contributed by atoms with Gasteiger partial charge in [0.1, 0.15) is 5.82 Å². The van der Waals surface area contributed by atoms with E-state index in [0.717, 1.165) is 0 Å². The summed E-state index contributed by atoms with van der Waals surface area (Å²) in [6.45, 7) is 1.70. The molecule has 2 N–H and O–H groups in total. The largest absolute Gasteiger partial charge is 0.323 e. The molecule has 0 spiro atoms. The summed E-state index contributed by atoms with van der Waals surface area (Å²) < 4.78 is 12.7. The number of nitrogens with two attached hydrogens (primary N) is 1. The van der Waals surface area contributed by atoms with Crippen molar-refractivity contribution in [2.75, 3.05) is 0 Å². The minimum absolute atomic E-state index is 0.0162. The van der Waals surface area contributed by atoms with E-state index in [1.54, 1.807) is 6.92 Å². The highest BCUT2D eigenvalue weighted by atomic mass is 35.5. The first-order valence-electron chi connectivity index (χ1n) is 3.18. The Morgan fingerprint density at radius 2 is 2.36 bits per heavy atom. The van der Waals surface area contributed by atoms with Gasteiger partial charge in [-0.3, -0.25) is 4.98 Å². The molecule has 1 aromatic heterocycles. The SMILES string of the molecule is CC(N)c1nccc(F)c1Cl. The molecule has 0 bridgehead atoms. The van der Waals surface area contributed by atoms with Crippen LogP contribution in [0.5, 0.6) is 0 Å². The summed E-state index contributed by atoms with van der Waals surface area (Å²) in [5, 5.41) is 0.0162. The van der Waals surface area contributed by atoms with Gasteiger partial charge in [-0.25, -0.2) is 4.39 Å². The van der Waals surface area contributed by atoms with Crippen molar-refractivity contribution in [1.29, 1.82) is 0 Å². The Hall–Kier alpha value is -0.670. The molecule has 1 unspecified atom stereocenters. The topological polar surface area (TPSA) is 38.9 Å². The third-order valence-electron chi connectivity index (χ3n) is 1.30. The summed E-state index contributed by atoms with van der Waals surface area (Å²) >= 11 is 5.57. The maximum atomic E-state index is 12.7. The molecule has 4 heteroatoms. The maximum Gasteiger partial charge on any atom is 0.145 e. The zero-order valence-electron chi connectivity index (χ0n) is 6.01. The number of aromatic nitrogens is 1. The number of pyridine rings is 1. The molecule has 0 saturated heterocycles. The lowest BCUT2D eigenvalue weighted by molar-refractivity contribution is 0.617. The molecule has 0 aliphatic carbocycles. The fourth-order valence-corrected chi connectivity index (χ4v) is 1.04. The molecule has 1 rings (SSSR count). The maximum absolute atomic E-state index is 12.7. The van der Waals surface area contributed by atoms with Crippen LogP contribution in [0, 0.1) is 5.82 Å². The van der Waals surface area contributed by atoms with Crippen molar-refractivity contribution in [3.63, 3.8) is 0 Å². The number of halogens is 2. The summed E-state index contributed by atoms with van der Waals surface area (Å²) in [5.41, 5.74) is 5.86. The van der Waals surface area contributed by atoms with Crippen LogP contribution >= 0.6 is 11.6 Å². The fraction of sp³-hybridized carbons (Fsp3) is 0.286. The minimum Gasteiger partial charge on any atom is -0.323 e. The Kier molecular flexibility index (Phi) is 2.42. The Morgan fingerprint density at radius 3 is 2.82 bits per heavy atom. The van der Waals surface area contributed by atoms with Gasteiger partial charge in [0.05, 0.1) is 10.7 Å². The Balaban J connectivity index is 3.17. The van der Waals surface area contributed by atoms with Gasteiger partial charge in [-0.15, -0.1) is 0 Å². The van der Waals surface area contributed by atoms with E-state index in [2.05, 4.69) is 4.98 Å². The molecule has 0 aliphatic rings. The van der Waals surface area contributed by atoms with Gasteiger partial charge in [0.15, 0.2) is 0 Å². The highest BCUT2D eigenvalue weighted by molar-refractivity contribution is 6.31. The summed E-state index contributed by atoms with van der Waals surface area (Å²) in [6.07, 6.45) is 1.35. The van der Waals surface area contributed by atoms with Crippen molar-refractivity contribution in [3.8, 4) is 0 Å². The minimum atomic E-state index is -0.478. The van der Waals surface area contributed by atoms with Crippen LogP contribution in [0.4, 0.5) is 4.39 Å². The Morgan fingerprint density at radius 1 is 1.73 bits per heavy atom. The average molecular weight is 175 g/mol. The summed E-state index contributed by atoms with van der Waals surface area (Å²) in [5.74, 6) is -0.478. The van der Waals surface area contributed by atoms with Gasteiger partial charge in [0.25, 0.3) is 0 Å². The zero-order chi connectivity index (χ0) is 8.43. The van der Waals surface area contributed by atoms with Crippen LogP contribution in [-0.2, 0) is 0 Å². The Bertz CT molecular complexity index is 263. The van der Waals surface area contributed by atoms with Gasteiger partial charge in [-0.1, -0.05) is 11.6 Å². The molecule has 2 nitrogen and oxygen atoms in total. The number of nitrogens with zero attached hydrogens (tertiary/aromatic N) is 1. The van der Waals surface area contributed by atoms with Gasteiger partial charge in [-0.2, -0.15) is 0 Å². The van der Waals surface area contributed by atoms with E-state index in [9.17, 15) is 4.39 Å². The van der Waals surface area contributed by atoms with Crippen LogP contribution in [0.3, 0.4) is 0 Å². The van der Waals surface area contributed by atoms with Crippen molar-refractivity contribution in [1.82, 2.24) is 4.98 Å². The second-order valence-corrected chi connectivity index (χ2v) is 2.66. The van der Waals surface area contributed by atoms with Gasteiger partial charge in [0, 0.05) is 12.2 Å². The molecule has 11 heavy (non-hydrogen) atoms. The van der Waals surface area contributed by atoms with Crippen molar-refractivity contribution >= 4 is 11.6 Å². The van der Waals surface area contributed by atoms with Crippen molar-refractivity contribution in [2.24, 2.45) is 5.73 Å². The van der Waals surface area contributed by atoms with Crippen LogP contribution in [0.1, 0.15) is 18.7 Å². The lowest BCUT2D eigenvalue weighted by Crippen LogP contribution is -2.08. The number of rotatable bonds is 1. The zero-order valence-corrected chi connectivity index (χ0v) is 6.77. The molecule has 0 aromatic carbocycles. The van der Waals surface area contributed by atoms with Crippen LogP contribution < -0.4 is 5.73 Å². The first-order valence-corrected chi connectivity index (χ1v) is 3.56. The molecule has 0 amide bonds. The van der Waals surface area contributed by atoms with E-state index in [0.29, 0.717) is 5.69 Å². The first-order chi connectivity index (χ1) is 5.13. The highest BCUT2D eigenvalue weighted by Crippen LogP contribution is 2.21. The summed E-state index contributed by atoms with van der Waals surface area (Å²) in [6, 6.07) is 0.868. The molecule has 1 heterocycles. The molecular weight excluding hydrogens is 167 g/mol. The van der Waals surface area contributed by atoms with Crippen molar-refractivity contribution in [3.05, 3.63) is 28.8 Å². The van der Waals surface area contributed by atoms with Gasteiger partial charge in [-0.05, 0) is 13.0 Å². The Labute approximate surface area is 69.2 Å². The van der Waals surface area contributed by atoms with E-state index < -0.39 is 5.82 Å². The summed E-state index contributed by atoms with van der Waals surface area (Å²) in [7, 11) is 0. The molecule has 0 radical (unpaired) electrons. The standard InChI is InChI=1S/C7H8ClFN2/c1-4(10)7-6(8)5(9)2-3-11-7/h2-4H,10H2,1H3. The van der Waals surface area contributed by atoms with Crippen LogP contribution in [0.25, 0.3) is 0 Å². The monoisotopic (exact) mass is 174 g/mol. The van der Waals surface area contributed by atoms with Gasteiger partial charge < -0.3 is 5.73 Å². The lowest BCUT2D eigenvalue weighted by atomic mass is 10.2. The quantitative estimate of drug-likeness (QED) is 0.706. The van der Waals surface area contributed by atoms with Gasteiger partial charge in [0.2, 0.25) is 0 Å². The third kappa shape index (κ3) is 1.67. The van der Waals surface area contributed by atoms with Crippen LogP contribution in [-0.4, -0.2) is 4.98 Å². The normalized spacial score (nSPS) is 13.1. The van der Waals surface area contributed by atoms with Crippen LogP contribution in [0.2, 0.25) is 5.02 Å². The van der Waals surface area contributed by atoms with Crippen LogP contribution in [0.15, 0.2) is 12.3 Å². The highest BCUT2D eigenvalue weighted by Gasteiger charge is 2.09. The number of hydrogen-bond donors (Lipinski definition) is 1. The van der Waals surface area contributed by atoms with Gasteiger partial charge >= 0.3 is 0 Å². The lowest BCUT2D eigenvalue weighted by Gasteiger charge is -2.05. The molecule has 1 aromatic rings. The molecular formula is C7H8ClFN2. The second kappa shape index (κ2) is 3.15. The fourth-order valence-electron chi connectivity index (χ4n) is 0.753. The molecule has 1 atom stereocenters. The van der Waals surface area contributed by atoms with Crippen molar-refractivity contribution < 1.29 is 4.39 Å². The molecule has 0 aliphatic heterocycles. The van der Waals surface area contributed by atoms with E-state index in [4.69, 9.17) is 17.3 Å². The predicted molar refractivity (Wildman–Crippen MR) is 41.8 cm³/mol. The summed E-state index contributed by atoms with van der Waals surface area (Å²) in [4.78, 5) is 3.84. The van der Waals surface area contributed by atoms with E-state index >= 15 is 0 Å². The molecule has 0 fully saturated rings. The average Bonchev–Trinajstić information content (AvgIpc) is 1.94. The number of hydrogen-bond acceptors (Lipinski definition) is 2. The first kappa shape index (κ1) is 8.43. The second-order valence-electron chi connectivity index (χ2n) is 2.28. The predicted octanol–water partition coefficient (Wildman–Crippen LogP) is 1.89.